The number of rotatable bonds is 0. The van der Waals surface area contributed by atoms with Gasteiger partial charge in [0.25, 0.3) is 0 Å². The third-order valence-corrected chi connectivity index (χ3v) is 1.08. The lowest BCUT2D eigenvalue weighted by Crippen LogP contribution is -1.74. The van der Waals surface area contributed by atoms with Crippen molar-refractivity contribution in [3.8, 4) is 11.8 Å². The lowest BCUT2D eigenvalue weighted by Gasteiger charge is -1.82. The standard InChI is InChI=1S/C8H8N/c1-3-4-8-7(2)5-6-9-8/h5-6,9H,2H2,1H3. The van der Waals surface area contributed by atoms with Crippen molar-refractivity contribution in [1.29, 1.82) is 0 Å². The van der Waals surface area contributed by atoms with E-state index in [0.717, 1.165) is 11.3 Å². The molecule has 0 unspecified atom stereocenters. The lowest BCUT2D eigenvalue weighted by molar-refractivity contribution is 1.36. The Balaban J connectivity index is 3.03. The summed E-state index contributed by atoms with van der Waals surface area (Å²) in [5.41, 5.74) is 1.88. The maximum Gasteiger partial charge on any atom is 0.0925 e. The SMILES string of the molecule is [CH2]c1cc[nH]c1C#CC. The normalized spacial score (nSPS) is 8.22. The number of H-pyrrole nitrogens is 1. The Morgan fingerprint density at radius 2 is 2.44 bits per heavy atom. The number of hydrogen-bond acceptors (Lipinski definition) is 0. The predicted octanol–water partition coefficient (Wildman–Crippen LogP) is 1.57. The van der Waals surface area contributed by atoms with Gasteiger partial charge in [0.15, 0.2) is 0 Å². The Morgan fingerprint density at radius 3 is 2.89 bits per heavy atom. The molecule has 1 heterocycles. The molecule has 0 atom stereocenters. The molecule has 1 radical (unpaired) electrons. The van der Waals surface area contributed by atoms with E-state index < -0.39 is 0 Å². The Labute approximate surface area is 55.1 Å². The molecule has 1 heteroatoms. The van der Waals surface area contributed by atoms with Crippen molar-refractivity contribution in [2.24, 2.45) is 0 Å². The monoisotopic (exact) mass is 118 g/mol. The summed E-state index contributed by atoms with van der Waals surface area (Å²) < 4.78 is 0. The van der Waals surface area contributed by atoms with E-state index in [1.807, 2.05) is 12.3 Å². The Morgan fingerprint density at radius 1 is 1.67 bits per heavy atom. The van der Waals surface area contributed by atoms with Crippen LogP contribution >= 0.6 is 0 Å². The second-order valence-corrected chi connectivity index (χ2v) is 1.75. The Bertz CT molecular complexity index is 247. The highest BCUT2D eigenvalue weighted by Crippen LogP contribution is 2.00. The number of aromatic amines is 1. The van der Waals surface area contributed by atoms with Gasteiger partial charge in [-0.15, -0.1) is 0 Å². The average molecular weight is 118 g/mol. The summed E-state index contributed by atoms with van der Waals surface area (Å²) in [6.07, 6.45) is 1.84. The van der Waals surface area contributed by atoms with Crippen LogP contribution in [0.2, 0.25) is 0 Å². The summed E-state index contributed by atoms with van der Waals surface area (Å²) >= 11 is 0. The fourth-order valence-corrected chi connectivity index (χ4v) is 0.643. The molecule has 0 aliphatic rings. The van der Waals surface area contributed by atoms with Gasteiger partial charge in [-0.2, -0.15) is 0 Å². The fourth-order valence-electron chi connectivity index (χ4n) is 0.643. The third-order valence-electron chi connectivity index (χ3n) is 1.08. The van der Waals surface area contributed by atoms with Gasteiger partial charge in [-0.05, 0) is 31.4 Å². The maximum atomic E-state index is 3.77. The molecular weight excluding hydrogens is 110 g/mol. The second kappa shape index (κ2) is 2.41. The van der Waals surface area contributed by atoms with Crippen molar-refractivity contribution in [3.05, 3.63) is 30.4 Å². The molecule has 9 heavy (non-hydrogen) atoms. The zero-order valence-corrected chi connectivity index (χ0v) is 5.36. The van der Waals surface area contributed by atoms with E-state index in [9.17, 15) is 0 Å². The summed E-state index contributed by atoms with van der Waals surface area (Å²) in [5.74, 6) is 5.68. The number of hydrogen-bond donors (Lipinski definition) is 1. The first-order valence-electron chi connectivity index (χ1n) is 2.76. The molecule has 1 aromatic rings. The van der Waals surface area contributed by atoms with Crippen molar-refractivity contribution in [2.45, 2.75) is 6.92 Å². The molecule has 1 rings (SSSR count). The molecule has 0 saturated heterocycles. The van der Waals surface area contributed by atoms with Crippen molar-refractivity contribution in [2.75, 3.05) is 0 Å². The van der Waals surface area contributed by atoms with Crippen molar-refractivity contribution >= 4 is 0 Å². The minimum atomic E-state index is 0.914. The van der Waals surface area contributed by atoms with Crippen LogP contribution in [-0.4, -0.2) is 4.98 Å². The highest BCUT2D eigenvalue weighted by Gasteiger charge is 1.90. The van der Waals surface area contributed by atoms with Crippen LogP contribution in [0.5, 0.6) is 0 Å². The highest BCUT2D eigenvalue weighted by molar-refractivity contribution is 5.37. The van der Waals surface area contributed by atoms with Crippen molar-refractivity contribution < 1.29 is 0 Å². The fraction of sp³-hybridized carbons (Fsp3) is 0.125. The third kappa shape index (κ3) is 1.14. The summed E-state index contributed by atoms with van der Waals surface area (Å²) in [6.45, 7) is 5.57. The van der Waals surface area contributed by atoms with E-state index in [1.165, 1.54) is 0 Å². The van der Waals surface area contributed by atoms with Gasteiger partial charge >= 0.3 is 0 Å². The lowest BCUT2D eigenvalue weighted by atomic mass is 10.3. The summed E-state index contributed by atoms with van der Waals surface area (Å²) in [5, 5.41) is 0. The molecule has 0 amide bonds. The van der Waals surface area contributed by atoms with Crippen LogP contribution in [0.3, 0.4) is 0 Å². The molecular formula is C8H8N. The van der Waals surface area contributed by atoms with Gasteiger partial charge in [-0.1, -0.05) is 5.92 Å². The van der Waals surface area contributed by atoms with Crippen LogP contribution in [0.15, 0.2) is 12.3 Å². The zero-order chi connectivity index (χ0) is 6.69. The van der Waals surface area contributed by atoms with Gasteiger partial charge < -0.3 is 4.98 Å². The number of nitrogens with one attached hydrogen (secondary N) is 1. The van der Waals surface area contributed by atoms with Gasteiger partial charge in [-0.3, -0.25) is 0 Å². The molecule has 0 aliphatic heterocycles. The van der Waals surface area contributed by atoms with Crippen LogP contribution in [0.4, 0.5) is 0 Å². The molecule has 0 spiro atoms. The molecule has 1 N–H and O–H groups in total. The molecule has 0 aromatic carbocycles. The molecule has 0 saturated carbocycles. The first-order chi connectivity index (χ1) is 4.34. The Kier molecular flexibility index (Phi) is 1.60. The number of aromatic nitrogens is 1. The van der Waals surface area contributed by atoms with E-state index >= 15 is 0 Å². The van der Waals surface area contributed by atoms with Gasteiger partial charge in [0, 0.05) is 6.20 Å². The van der Waals surface area contributed by atoms with Crippen molar-refractivity contribution in [3.63, 3.8) is 0 Å². The topological polar surface area (TPSA) is 15.8 Å². The zero-order valence-electron chi connectivity index (χ0n) is 5.36. The smallest absolute Gasteiger partial charge is 0.0925 e. The minimum Gasteiger partial charge on any atom is -0.355 e. The average Bonchev–Trinajstić information content (AvgIpc) is 2.18. The predicted molar refractivity (Wildman–Crippen MR) is 37.8 cm³/mol. The van der Waals surface area contributed by atoms with E-state index in [4.69, 9.17) is 0 Å². The molecule has 0 aliphatic carbocycles. The molecule has 45 valence electrons. The quantitative estimate of drug-likeness (QED) is 0.498. The largest absolute Gasteiger partial charge is 0.355 e. The Hall–Kier alpha value is -1.16. The van der Waals surface area contributed by atoms with E-state index in [2.05, 4.69) is 23.7 Å². The highest BCUT2D eigenvalue weighted by atomic mass is 14.7. The van der Waals surface area contributed by atoms with Crippen LogP contribution in [0.25, 0.3) is 0 Å². The van der Waals surface area contributed by atoms with E-state index in [-0.39, 0.29) is 0 Å². The van der Waals surface area contributed by atoms with Crippen LogP contribution in [-0.2, 0) is 0 Å². The molecule has 0 bridgehead atoms. The van der Waals surface area contributed by atoms with Gasteiger partial charge in [0.05, 0.1) is 5.69 Å². The summed E-state index contributed by atoms with van der Waals surface area (Å²) in [7, 11) is 0. The first-order valence-corrected chi connectivity index (χ1v) is 2.76. The second-order valence-electron chi connectivity index (χ2n) is 1.75. The van der Waals surface area contributed by atoms with Crippen LogP contribution in [0, 0.1) is 18.8 Å². The molecule has 1 nitrogen and oxygen atoms in total. The van der Waals surface area contributed by atoms with Crippen molar-refractivity contribution in [1.82, 2.24) is 4.98 Å². The van der Waals surface area contributed by atoms with Crippen LogP contribution < -0.4 is 0 Å². The molecule has 1 aromatic heterocycles. The van der Waals surface area contributed by atoms with E-state index in [0.29, 0.717) is 0 Å². The maximum absolute atomic E-state index is 3.77. The van der Waals surface area contributed by atoms with Gasteiger partial charge in [-0.25, -0.2) is 0 Å². The summed E-state index contributed by atoms with van der Waals surface area (Å²) in [4.78, 5) is 2.97. The van der Waals surface area contributed by atoms with E-state index in [1.54, 1.807) is 6.92 Å². The first kappa shape index (κ1) is 5.97. The van der Waals surface area contributed by atoms with Gasteiger partial charge in [0.1, 0.15) is 0 Å². The van der Waals surface area contributed by atoms with Crippen LogP contribution in [0.1, 0.15) is 18.2 Å². The minimum absolute atomic E-state index is 0.914. The van der Waals surface area contributed by atoms with Gasteiger partial charge in [0.2, 0.25) is 0 Å². The summed E-state index contributed by atoms with van der Waals surface area (Å²) in [6, 6.07) is 1.90. The molecule has 0 fully saturated rings.